The number of nitrogens with one attached hydrogen (secondary N) is 2. The Bertz CT molecular complexity index is 1670. The lowest BCUT2D eigenvalue weighted by atomic mass is 9.89. The number of carbonyl (C=O) groups excluding carboxylic acids is 2. The van der Waals surface area contributed by atoms with E-state index in [1.165, 1.54) is 36.4 Å². The summed E-state index contributed by atoms with van der Waals surface area (Å²) in [5.74, 6) is 1.29. The molecule has 51 heavy (non-hydrogen) atoms. The van der Waals surface area contributed by atoms with Crippen molar-refractivity contribution in [3.05, 3.63) is 64.9 Å². The highest BCUT2D eigenvalue weighted by atomic mass is 35.5. The largest absolute Gasteiger partial charge is 0.495 e. The lowest BCUT2D eigenvalue weighted by Crippen LogP contribution is -2.43. The molecule has 0 radical (unpaired) electrons. The molecule has 0 bridgehead atoms. The van der Waals surface area contributed by atoms with Crippen molar-refractivity contribution in [1.29, 1.82) is 0 Å². The minimum Gasteiger partial charge on any atom is -0.495 e. The number of amides is 3. The maximum atomic E-state index is 14.3. The number of urea groups is 1. The van der Waals surface area contributed by atoms with E-state index >= 15 is 0 Å². The van der Waals surface area contributed by atoms with Gasteiger partial charge in [-0.05, 0) is 68.2 Å². The number of anilines is 5. The highest BCUT2D eigenvalue weighted by molar-refractivity contribution is 6.76. The fraction of sp³-hybridized carbons (Fsp3) is 0.444. The molecule has 15 heteroatoms. The number of benzene rings is 2. The first kappa shape index (κ1) is 39.9. The molecule has 1 aliphatic rings. The first-order valence-corrected chi connectivity index (χ1v) is 21.4. The molecular formula is C36H49Cl2N7O5Si. The summed E-state index contributed by atoms with van der Waals surface area (Å²) < 4.78 is 17.0. The molecule has 1 aromatic heterocycles. The number of hydrogen-bond donors (Lipinski definition) is 2. The van der Waals surface area contributed by atoms with Crippen molar-refractivity contribution in [2.45, 2.75) is 51.4 Å². The number of nitrogens with zero attached hydrogens (tertiary/aromatic N) is 5. The summed E-state index contributed by atoms with van der Waals surface area (Å²) in [4.78, 5) is 40.6. The molecule has 2 heterocycles. The number of rotatable bonds is 15. The van der Waals surface area contributed by atoms with Crippen LogP contribution >= 0.6 is 23.2 Å². The van der Waals surface area contributed by atoms with Crippen LogP contribution < -0.4 is 29.9 Å². The summed E-state index contributed by atoms with van der Waals surface area (Å²) in [5.41, 5.74) is 2.55. The van der Waals surface area contributed by atoms with Gasteiger partial charge in [0.05, 0.1) is 31.3 Å². The molecule has 1 fully saturated rings. The third-order valence-electron chi connectivity index (χ3n) is 8.81. The van der Waals surface area contributed by atoms with Crippen LogP contribution in [0.4, 0.5) is 33.5 Å². The van der Waals surface area contributed by atoms with Crippen molar-refractivity contribution in [1.82, 2.24) is 14.9 Å². The minimum atomic E-state index is -1.42. The molecule has 1 saturated heterocycles. The fourth-order valence-electron chi connectivity index (χ4n) is 5.67. The normalized spacial score (nSPS) is 13.7. The SMILES string of the molecule is C=CC(=O)Nc1cc(C2CCN(CC)CC2)ccc1Nc1cc(N(C)C(=O)N(COCC[Si](C)(C)C)c2c(Cl)c(OC)cc(OC)c2Cl)ncn1. The average Bonchev–Trinajstić information content (AvgIpc) is 3.12. The number of halogens is 2. The predicted octanol–water partition coefficient (Wildman–Crippen LogP) is 8.24. The number of carbonyl (C=O) groups is 2. The summed E-state index contributed by atoms with van der Waals surface area (Å²) in [7, 11) is 3.10. The van der Waals surface area contributed by atoms with E-state index in [4.69, 9.17) is 37.4 Å². The summed E-state index contributed by atoms with van der Waals surface area (Å²) in [6.45, 7) is 16.0. The molecule has 3 aromatic rings. The van der Waals surface area contributed by atoms with Gasteiger partial charge in [0, 0.05) is 33.9 Å². The van der Waals surface area contributed by atoms with Gasteiger partial charge in [-0.2, -0.15) is 0 Å². The number of aromatic nitrogens is 2. The van der Waals surface area contributed by atoms with Crippen LogP contribution in [0.5, 0.6) is 11.5 Å². The van der Waals surface area contributed by atoms with E-state index in [0.29, 0.717) is 29.7 Å². The van der Waals surface area contributed by atoms with E-state index in [1.807, 2.05) is 12.1 Å². The summed E-state index contributed by atoms with van der Waals surface area (Å²) >= 11 is 13.5. The van der Waals surface area contributed by atoms with Crippen LogP contribution in [0.25, 0.3) is 0 Å². The Hall–Kier alpha value is -3.88. The van der Waals surface area contributed by atoms with Crippen LogP contribution in [0.2, 0.25) is 35.7 Å². The van der Waals surface area contributed by atoms with Gasteiger partial charge in [-0.3, -0.25) is 14.6 Å². The van der Waals surface area contributed by atoms with Crippen molar-refractivity contribution in [3.63, 3.8) is 0 Å². The van der Waals surface area contributed by atoms with Crippen LogP contribution in [0.15, 0.2) is 49.3 Å². The molecule has 0 atom stereocenters. The van der Waals surface area contributed by atoms with Gasteiger partial charge in [0.15, 0.2) is 0 Å². The van der Waals surface area contributed by atoms with Gasteiger partial charge in [0.2, 0.25) is 5.91 Å². The summed E-state index contributed by atoms with van der Waals surface area (Å²) in [5, 5.41) is 6.47. The van der Waals surface area contributed by atoms with E-state index in [1.54, 1.807) is 19.2 Å². The van der Waals surface area contributed by atoms with Crippen molar-refractivity contribution in [3.8, 4) is 11.5 Å². The van der Waals surface area contributed by atoms with Gasteiger partial charge >= 0.3 is 6.03 Å². The molecule has 0 saturated carbocycles. The third-order valence-corrected chi connectivity index (χ3v) is 11.2. The number of methoxy groups -OCH3 is 2. The Morgan fingerprint density at radius 3 is 2.29 bits per heavy atom. The lowest BCUT2D eigenvalue weighted by molar-refractivity contribution is -0.111. The Labute approximate surface area is 312 Å². The van der Waals surface area contributed by atoms with Crippen LogP contribution in [0.1, 0.15) is 31.2 Å². The second-order valence-electron chi connectivity index (χ2n) is 13.5. The molecule has 12 nitrogen and oxygen atoms in total. The first-order valence-electron chi connectivity index (χ1n) is 16.9. The predicted molar refractivity (Wildman–Crippen MR) is 209 cm³/mol. The molecule has 0 aliphatic carbocycles. The topological polar surface area (TPSA) is 121 Å². The highest BCUT2D eigenvalue weighted by Gasteiger charge is 2.30. The van der Waals surface area contributed by atoms with Gasteiger partial charge in [-0.25, -0.2) is 14.8 Å². The molecule has 2 N–H and O–H groups in total. The molecule has 1 aliphatic heterocycles. The number of ether oxygens (including phenoxy) is 3. The van der Waals surface area contributed by atoms with Crippen molar-refractivity contribution >= 4 is 71.9 Å². The maximum absolute atomic E-state index is 14.3. The van der Waals surface area contributed by atoms with E-state index in [-0.39, 0.29) is 45.7 Å². The van der Waals surface area contributed by atoms with Gasteiger partial charge in [-0.15, -0.1) is 0 Å². The smallest absolute Gasteiger partial charge is 0.331 e. The molecule has 0 unspecified atom stereocenters. The quantitative estimate of drug-likeness (QED) is 0.0683. The molecule has 3 amide bonds. The van der Waals surface area contributed by atoms with Crippen LogP contribution in [-0.4, -0.2) is 89.1 Å². The van der Waals surface area contributed by atoms with E-state index in [9.17, 15) is 9.59 Å². The van der Waals surface area contributed by atoms with Crippen LogP contribution in [0.3, 0.4) is 0 Å². The van der Waals surface area contributed by atoms with Gasteiger partial charge < -0.3 is 29.7 Å². The zero-order valence-corrected chi connectivity index (χ0v) is 33.0. The molecular weight excluding hydrogens is 709 g/mol. The second kappa shape index (κ2) is 18.0. The standard InChI is InChI=1S/C36H49Cl2N7O5Si/c1-9-32(46)42-27-19-25(24-13-15-44(10-2)16-14-24)11-12-26(27)41-30-21-31(40-22-39-30)43(3)36(47)45(23-50-17-18-51(6,7)8)35-33(37)28(48-4)20-29(49-5)34(35)38/h9,11-12,19-22,24H,1,10,13-18,23H2,2-8H3,(H,42,46)(H,39,40,41). The van der Waals surface area contributed by atoms with Crippen molar-refractivity contribution < 1.29 is 23.8 Å². The number of piperidine rings is 1. The van der Waals surface area contributed by atoms with Crippen LogP contribution in [-0.2, 0) is 9.53 Å². The minimum absolute atomic E-state index is 0.123. The van der Waals surface area contributed by atoms with Gasteiger partial charge in [-0.1, -0.05) is 62.4 Å². The first-order chi connectivity index (χ1) is 24.3. The number of likely N-dealkylation sites (tertiary alicyclic amines) is 1. The maximum Gasteiger partial charge on any atom is 0.331 e. The fourth-order valence-corrected chi connectivity index (χ4v) is 7.13. The average molecular weight is 759 g/mol. The Balaban J connectivity index is 1.63. The van der Waals surface area contributed by atoms with E-state index in [0.717, 1.165) is 44.1 Å². The highest BCUT2D eigenvalue weighted by Crippen LogP contribution is 2.46. The summed E-state index contributed by atoms with van der Waals surface area (Å²) in [6, 6.07) is 9.56. The Kier molecular flexibility index (Phi) is 14.1. The van der Waals surface area contributed by atoms with Gasteiger partial charge in [0.25, 0.3) is 0 Å². The van der Waals surface area contributed by atoms with Crippen molar-refractivity contribution in [2.75, 3.05) is 74.7 Å². The second-order valence-corrected chi connectivity index (χ2v) is 19.8. The summed E-state index contributed by atoms with van der Waals surface area (Å²) in [6.07, 6.45) is 4.67. The van der Waals surface area contributed by atoms with E-state index < -0.39 is 14.1 Å². The lowest BCUT2D eigenvalue weighted by Gasteiger charge is -2.31. The van der Waals surface area contributed by atoms with Gasteiger partial charge in [0.1, 0.15) is 46.2 Å². The molecule has 276 valence electrons. The zero-order chi connectivity index (χ0) is 37.3. The Morgan fingerprint density at radius 1 is 1.04 bits per heavy atom. The third kappa shape index (κ3) is 10.4. The van der Waals surface area contributed by atoms with Crippen molar-refractivity contribution in [2.24, 2.45) is 0 Å². The molecule has 4 rings (SSSR count). The zero-order valence-electron chi connectivity index (χ0n) is 30.5. The Morgan fingerprint density at radius 2 is 1.71 bits per heavy atom. The van der Waals surface area contributed by atoms with E-state index in [2.05, 4.69) is 64.7 Å². The monoisotopic (exact) mass is 757 g/mol. The van der Waals surface area contributed by atoms with Crippen LogP contribution in [0, 0.1) is 0 Å². The number of hydrogen-bond acceptors (Lipinski definition) is 9. The molecule has 0 spiro atoms. The molecule has 2 aromatic carbocycles.